The van der Waals surface area contributed by atoms with Gasteiger partial charge in [-0.05, 0) is 53.1 Å². The van der Waals surface area contributed by atoms with Crippen molar-refractivity contribution >= 4 is 32.8 Å². The van der Waals surface area contributed by atoms with Gasteiger partial charge in [-0.25, -0.2) is 4.79 Å². The molecule has 0 fully saturated rings. The summed E-state index contributed by atoms with van der Waals surface area (Å²) in [5, 5.41) is 0. The second kappa shape index (κ2) is 6.76. The molecule has 0 aliphatic rings. The van der Waals surface area contributed by atoms with Crippen LogP contribution in [0.25, 0.3) is 0 Å². The second-order valence-electron chi connectivity index (χ2n) is 6.80. The van der Waals surface area contributed by atoms with E-state index < -0.39 is 16.6 Å². The van der Waals surface area contributed by atoms with E-state index in [2.05, 4.69) is 39.3 Å². The van der Waals surface area contributed by atoms with Crippen LogP contribution >= 0.6 is 0 Å². The van der Waals surface area contributed by atoms with Crippen LogP contribution < -0.4 is 0 Å². The standard InChI is InChI=1S/C12H28O4Si3/c1-9(11(13)14-10(2)17)12(15-18(3,4)5)16-19(6,7)8/h10H,1-8,17H3. The van der Waals surface area contributed by atoms with Crippen LogP contribution in [0.2, 0.25) is 39.3 Å². The van der Waals surface area contributed by atoms with Crippen molar-refractivity contribution in [2.75, 3.05) is 0 Å². The van der Waals surface area contributed by atoms with E-state index in [1.54, 1.807) is 6.92 Å². The molecule has 0 aromatic heterocycles. The fourth-order valence-corrected chi connectivity index (χ4v) is 2.92. The summed E-state index contributed by atoms with van der Waals surface area (Å²) < 4.78 is 17.1. The maximum Gasteiger partial charge on any atom is 0.340 e. The average molecular weight is 321 g/mol. The smallest absolute Gasteiger partial charge is 0.340 e. The van der Waals surface area contributed by atoms with Gasteiger partial charge in [-0.2, -0.15) is 0 Å². The normalized spacial score (nSPS) is 13.7. The Labute approximate surface area is 122 Å². The van der Waals surface area contributed by atoms with Crippen LogP contribution in [0.1, 0.15) is 13.8 Å². The Balaban J connectivity index is 5.24. The van der Waals surface area contributed by atoms with E-state index in [1.807, 2.05) is 6.92 Å². The van der Waals surface area contributed by atoms with E-state index in [4.69, 9.17) is 13.6 Å². The second-order valence-corrected chi connectivity index (χ2v) is 17.3. The molecule has 19 heavy (non-hydrogen) atoms. The van der Waals surface area contributed by atoms with Gasteiger partial charge in [0.1, 0.15) is 5.57 Å². The van der Waals surface area contributed by atoms with Crippen molar-refractivity contribution in [2.24, 2.45) is 0 Å². The Bertz CT molecular complexity index is 333. The molecule has 7 heteroatoms. The van der Waals surface area contributed by atoms with Crippen LogP contribution in [0.15, 0.2) is 11.5 Å². The lowest BCUT2D eigenvalue weighted by Gasteiger charge is -2.28. The van der Waals surface area contributed by atoms with E-state index >= 15 is 0 Å². The Hall–Kier alpha value is -0.539. The lowest BCUT2D eigenvalue weighted by atomic mass is 10.3. The number of carbonyl (C=O) groups excluding carboxylic acids is 1. The molecule has 112 valence electrons. The predicted molar refractivity (Wildman–Crippen MR) is 87.1 cm³/mol. The summed E-state index contributed by atoms with van der Waals surface area (Å²) in [5.74, 6) is 0.0275. The molecule has 0 spiro atoms. The quantitative estimate of drug-likeness (QED) is 0.326. The Morgan fingerprint density at radius 2 is 1.37 bits per heavy atom. The summed E-state index contributed by atoms with van der Waals surface area (Å²) in [6, 6.07) is 0. The highest BCUT2D eigenvalue weighted by molar-refractivity contribution is 6.71. The van der Waals surface area contributed by atoms with Crippen LogP contribution in [0.4, 0.5) is 0 Å². The third-order valence-corrected chi connectivity index (χ3v) is 3.58. The van der Waals surface area contributed by atoms with Gasteiger partial charge in [0.25, 0.3) is 5.95 Å². The Morgan fingerprint density at radius 1 is 1.00 bits per heavy atom. The molecule has 1 unspecified atom stereocenters. The first-order valence-corrected chi connectivity index (χ1v) is 14.6. The number of ether oxygens (including phenoxy) is 1. The summed E-state index contributed by atoms with van der Waals surface area (Å²) in [7, 11) is -2.84. The molecule has 0 saturated heterocycles. The lowest BCUT2D eigenvalue weighted by molar-refractivity contribution is -0.140. The van der Waals surface area contributed by atoms with E-state index in [1.165, 1.54) is 0 Å². The zero-order chi connectivity index (χ0) is 15.4. The molecule has 4 nitrogen and oxygen atoms in total. The third kappa shape index (κ3) is 9.06. The topological polar surface area (TPSA) is 44.8 Å². The molecule has 0 amide bonds. The number of hydrogen-bond acceptors (Lipinski definition) is 4. The Kier molecular flexibility index (Phi) is 6.57. The Morgan fingerprint density at radius 3 is 1.63 bits per heavy atom. The van der Waals surface area contributed by atoms with Crippen molar-refractivity contribution < 1.29 is 18.4 Å². The van der Waals surface area contributed by atoms with Gasteiger partial charge in [0.05, 0.1) is 16.0 Å². The highest BCUT2D eigenvalue weighted by atomic mass is 28.4. The minimum Gasteiger partial charge on any atom is -0.520 e. The molecular formula is C12H28O4Si3. The van der Waals surface area contributed by atoms with Crippen molar-refractivity contribution in [1.82, 2.24) is 0 Å². The van der Waals surface area contributed by atoms with Crippen molar-refractivity contribution in [3.63, 3.8) is 0 Å². The highest BCUT2D eigenvalue weighted by Crippen LogP contribution is 2.21. The third-order valence-electron chi connectivity index (χ3n) is 1.75. The largest absolute Gasteiger partial charge is 0.520 e. The minimum absolute atomic E-state index is 0.0116. The number of rotatable bonds is 6. The maximum absolute atomic E-state index is 12.0. The summed E-state index contributed by atoms with van der Waals surface area (Å²) in [4.78, 5) is 12.0. The molecule has 0 radical (unpaired) electrons. The van der Waals surface area contributed by atoms with Crippen LogP contribution in [0.3, 0.4) is 0 Å². The summed E-state index contributed by atoms with van der Waals surface area (Å²) >= 11 is 0. The SMILES string of the molecule is CC(C(=O)OC(C)[SiH3])=C(O[Si](C)(C)C)O[Si](C)(C)C. The van der Waals surface area contributed by atoms with Crippen molar-refractivity contribution in [3.8, 4) is 0 Å². The van der Waals surface area contributed by atoms with Gasteiger partial charge in [-0.15, -0.1) is 0 Å². The van der Waals surface area contributed by atoms with Gasteiger partial charge in [0, 0.05) is 0 Å². The maximum atomic E-state index is 12.0. The van der Waals surface area contributed by atoms with Gasteiger partial charge in [-0.3, -0.25) is 0 Å². The van der Waals surface area contributed by atoms with Gasteiger partial charge >= 0.3 is 5.97 Å². The first-order chi connectivity index (χ1) is 8.32. The molecule has 0 aliphatic carbocycles. The van der Waals surface area contributed by atoms with E-state index in [-0.39, 0.29) is 11.7 Å². The fraction of sp³-hybridized carbons (Fsp3) is 0.750. The van der Waals surface area contributed by atoms with E-state index in [0.29, 0.717) is 11.5 Å². The molecule has 0 saturated carbocycles. The minimum atomic E-state index is -1.83. The monoisotopic (exact) mass is 320 g/mol. The molecule has 0 bridgehead atoms. The molecule has 0 aliphatic heterocycles. The highest BCUT2D eigenvalue weighted by Gasteiger charge is 2.28. The molecule has 0 rings (SSSR count). The van der Waals surface area contributed by atoms with Crippen molar-refractivity contribution in [2.45, 2.75) is 58.9 Å². The number of esters is 1. The molecule has 0 aromatic rings. The van der Waals surface area contributed by atoms with E-state index in [9.17, 15) is 4.79 Å². The molecule has 0 aromatic carbocycles. The van der Waals surface area contributed by atoms with Crippen LogP contribution in [0.5, 0.6) is 0 Å². The molecule has 0 heterocycles. The predicted octanol–water partition coefficient (Wildman–Crippen LogP) is 2.18. The zero-order valence-electron chi connectivity index (χ0n) is 13.7. The van der Waals surface area contributed by atoms with Gasteiger partial charge in [0.15, 0.2) is 0 Å². The number of hydrogen-bond donors (Lipinski definition) is 0. The average Bonchev–Trinajstić information content (AvgIpc) is 2.09. The van der Waals surface area contributed by atoms with Crippen molar-refractivity contribution in [3.05, 3.63) is 11.5 Å². The molecular weight excluding hydrogens is 292 g/mol. The zero-order valence-corrected chi connectivity index (χ0v) is 17.7. The van der Waals surface area contributed by atoms with Gasteiger partial charge < -0.3 is 13.6 Å². The number of carbonyl (C=O) groups is 1. The van der Waals surface area contributed by atoms with Crippen LogP contribution in [0, 0.1) is 0 Å². The summed E-state index contributed by atoms with van der Waals surface area (Å²) in [5.41, 5.74) is 0.426. The lowest BCUT2D eigenvalue weighted by Crippen LogP contribution is -2.33. The van der Waals surface area contributed by atoms with E-state index in [0.717, 1.165) is 10.2 Å². The first kappa shape index (κ1) is 18.5. The first-order valence-electron chi connectivity index (χ1n) is 6.62. The molecule has 1 atom stereocenters. The summed E-state index contributed by atoms with van der Waals surface area (Å²) in [6.45, 7) is 16.0. The molecule has 0 N–H and O–H groups in total. The van der Waals surface area contributed by atoms with Gasteiger partial charge in [-0.1, -0.05) is 0 Å². The van der Waals surface area contributed by atoms with Gasteiger partial charge in [0.2, 0.25) is 16.6 Å². The van der Waals surface area contributed by atoms with Crippen molar-refractivity contribution in [1.29, 1.82) is 0 Å². The summed E-state index contributed by atoms with van der Waals surface area (Å²) in [6.07, 6.45) is 0. The van der Waals surface area contributed by atoms with Crippen LogP contribution in [-0.4, -0.2) is 38.6 Å². The fourth-order valence-electron chi connectivity index (χ4n) is 1.12. The van der Waals surface area contributed by atoms with Crippen LogP contribution in [-0.2, 0) is 18.4 Å².